The fourth-order valence-electron chi connectivity index (χ4n) is 2.78. The van der Waals surface area contributed by atoms with Crippen LogP contribution in [0.2, 0.25) is 5.02 Å². The number of carbonyl (C=O) groups is 2. The van der Waals surface area contributed by atoms with Gasteiger partial charge in [0.05, 0.1) is 6.04 Å². The van der Waals surface area contributed by atoms with Gasteiger partial charge in [0.15, 0.2) is 5.78 Å². The summed E-state index contributed by atoms with van der Waals surface area (Å²) in [6.07, 6.45) is 4.94. The van der Waals surface area contributed by atoms with Gasteiger partial charge in [-0.25, -0.2) is 4.79 Å². The first-order chi connectivity index (χ1) is 12.6. The average molecular weight is 367 g/mol. The van der Waals surface area contributed by atoms with Gasteiger partial charge >= 0.3 is 6.03 Å². The predicted molar refractivity (Wildman–Crippen MR) is 104 cm³/mol. The minimum Gasteiger partial charge on any atom is -0.327 e. The molecule has 0 fully saturated rings. The third-order valence-corrected chi connectivity index (χ3v) is 4.44. The van der Waals surface area contributed by atoms with Crippen LogP contribution in [-0.2, 0) is 4.79 Å². The molecule has 5 heteroatoms. The summed E-state index contributed by atoms with van der Waals surface area (Å²) < 4.78 is 0. The molecule has 2 aromatic carbocycles. The summed E-state index contributed by atoms with van der Waals surface area (Å²) in [4.78, 5) is 26.6. The van der Waals surface area contributed by atoms with Gasteiger partial charge in [0.25, 0.3) is 0 Å². The van der Waals surface area contributed by atoms with E-state index in [2.05, 4.69) is 5.32 Å². The quantitative estimate of drug-likeness (QED) is 0.786. The highest BCUT2D eigenvalue weighted by molar-refractivity contribution is 6.30. The normalized spacial score (nSPS) is 17.2. The van der Waals surface area contributed by atoms with Gasteiger partial charge in [-0.3, -0.25) is 4.79 Å². The molecule has 0 saturated heterocycles. The van der Waals surface area contributed by atoms with Crippen molar-refractivity contribution in [3.05, 3.63) is 88.6 Å². The Hall–Kier alpha value is -2.85. The van der Waals surface area contributed by atoms with Gasteiger partial charge in [-0.2, -0.15) is 0 Å². The van der Waals surface area contributed by atoms with E-state index in [4.69, 9.17) is 11.6 Å². The smallest absolute Gasteiger partial charge is 0.322 e. The molecular formula is C21H19ClN2O2. The first-order valence-electron chi connectivity index (χ1n) is 8.40. The molecule has 3 rings (SSSR count). The summed E-state index contributed by atoms with van der Waals surface area (Å²) in [6, 6.07) is 16.0. The van der Waals surface area contributed by atoms with E-state index in [1.807, 2.05) is 49.4 Å². The van der Waals surface area contributed by atoms with E-state index in [9.17, 15) is 9.59 Å². The lowest BCUT2D eigenvalue weighted by Gasteiger charge is -2.31. The standard InChI is InChI=1S/C21H19ClN2O2/c1-2-24-14-18(19(25)13-8-15-6-4-3-5-7-15)20(23-21(24)26)16-9-11-17(22)12-10-16/h3-14,20H,2H2,1H3,(H,23,26)/b13-8+/t20-/m1/s1. The van der Waals surface area contributed by atoms with Crippen molar-refractivity contribution in [3.8, 4) is 0 Å². The van der Waals surface area contributed by atoms with Crippen LogP contribution < -0.4 is 5.32 Å². The summed E-state index contributed by atoms with van der Waals surface area (Å²) in [5.74, 6) is -0.146. The van der Waals surface area contributed by atoms with E-state index >= 15 is 0 Å². The molecule has 2 amide bonds. The lowest BCUT2D eigenvalue weighted by atomic mass is 9.94. The zero-order valence-electron chi connectivity index (χ0n) is 14.4. The Bertz CT molecular complexity index is 857. The molecular weight excluding hydrogens is 348 g/mol. The number of nitrogens with one attached hydrogen (secondary N) is 1. The molecule has 0 aromatic heterocycles. The second-order valence-electron chi connectivity index (χ2n) is 5.91. The fraction of sp³-hybridized carbons (Fsp3) is 0.143. The Labute approximate surface area is 157 Å². The van der Waals surface area contributed by atoms with Crippen LogP contribution in [0, 0.1) is 0 Å². The number of amides is 2. The van der Waals surface area contributed by atoms with Crippen molar-refractivity contribution in [1.82, 2.24) is 10.2 Å². The number of rotatable bonds is 5. The molecule has 26 heavy (non-hydrogen) atoms. The molecule has 1 aliphatic rings. The van der Waals surface area contributed by atoms with Gasteiger partial charge in [0, 0.05) is 23.3 Å². The maximum absolute atomic E-state index is 12.8. The number of allylic oxidation sites excluding steroid dienone is 1. The molecule has 1 atom stereocenters. The van der Waals surface area contributed by atoms with Gasteiger partial charge in [0.1, 0.15) is 0 Å². The van der Waals surface area contributed by atoms with Crippen LogP contribution in [0.5, 0.6) is 0 Å². The Balaban J connectivity index is 1.92. The van der Waals surface area contributed by atoms with Crippen LogP contribution in [0.3, 0.4) is 0 Å². The van der Waals surface area contributed by atoms with Crippen molar-refractivity contribution in [1.29, 1.82) is 0 Å². The van der Waals surface area contributed by atoms with E-state index in [-0.39, 0.29) is 11.8 Å². The van der Waals surface area contributed by atoms with Crippen LogP contribution in [0.15, 0.2) is 72.4 Å². The van der Waals surface area contributed by atoms with E-state index in [1.165, 1.54) is 11.0 Å². The van der Waals surface area contributed by atoms with Gasteiger partial charge < -0.3 is 10.2 Å². The van der Waals surface area contributed by atoms with Crippen LogP contribution >= 0.6 is 11.6 Å². The molecule has 0 unspecified atom stereocenters. The topological polar surface area (TPSA) is 49.4 Å². The van der Waals surface area contributed by atoms with Gasteiger partial charge in [-0.1, -0.05) is 60.1 Å². The monoisotopic (exact) mass is 366 g/mol. The van der Waals surface area contributed by atoms with E-state index in [0.717, 1.165) is 11.1 Å². The number of hydrogen-bond donors (Lipinski definition) is 1. The zero-order valence-corrected chi connectivity index (χ0v) is 15.1. The largest absolute Gasteiger partial charge is 0.327 e. The number of urea groups is 1. The lowest BCUT2D eigenvalue weighted by molar-refractivity contribution is -0.111. The fourth-order valence-corrected chi connectivity index (χ4v) is 2.90. The van der Waals surface area contributed by atoms with E-state index in [1.54, 1.807) is 24.4 Å². The van der Waals surface area contributed by atoms with Crippen molar-refractivity contribution < 1.29 is 9.59 Å². The molecule has 0 aliphatic carbocycles. The summed E-state index contributed by atoms with van der Waals surface area (Å²) in [5.41, 5.74) is 2.27. The van der Waals surface area contributed by atoms with Crippen molar-refractivity contribution >= 4 is 29.5 Å². The molecule has 0 radical (unpaired) electrons. The molecule has 1 heterocycles. The highest BCUT2D eigenvalue weighted by Crippen LogP contribution is 2.28. The van der Waals surface area contributed by atoms with Gasteiger partial charge in [-0.05, 0) is 36.3 Å². The number of nitrogens with zero attached hydrogens (tertiary/aromatic N) is 1. The lowest BCUT2D eigenvalue weighted by Crippen LogP contribution is -2.44. The summed E-state index contributed by atoms with van der Waals surface area (Å²) in [7, 11) is 0. The molecule has 0 spiro atoms. The first kappa shape index (κ1) is 18.0. The maximum Gasteiger partial charge on any atom is 0.322 e. The molecule has 1 N–H and O–H groups in total. The second-order valence-corrected chi connectivity index (χ2v) is 6.35. The van der Waals surface area contributed by atoms with E-state index < -0.39 is 6.04 Å². The molecule has 1 aliphatic heterocycles. The Morgan fingerprint density at radius 3 is 2.50 bits per heavy atom. The first-order valence-corrected chi connectivity index (χ1v) is 8.78. The third-order valence-electron chi connectivity index (χ3n) is 4.19. The minimum absolute atomic E-state index is 0.146. The van der Waals surface area contributed by atoms with Crippen LogP contribution in [0.4, 0.5) is 4.79 Å². The molecule has 2 aromatic rings. The van der Waals surface area contributed by atoms with Crippen molar-refractivity contribution in [2.45, 2.75) is 13.0 Å². The van der Waals surface area contributed by atoms with Crippen LogP contribution in [-0.4, -0.2) is 23.3 Å². The number of carbonyl (C=O) groups excluding carboxylic acids is 2. The predicted octanol–water partition coefficient (Wildman–Crippen LogP) is 4.59. The average Bonchev–Trinajstić information content (AvgIpc) is 2.67. The molecule has 4 nitrogen and oxygen atoms in total. The van der Waals surface area contributed by atoms with Crippen molar-refractivity contribution in [2.24, 2.45) is 0 Å². The Kier molecular flexibility index (Phi) is 5.54. The van der Waals surface area contributed by atoms with Crippen LogP contribution in [0.1, 0.15) is 24.1 Å². The van der Waals surface area contributed by atoms with E-state index in [0.29, 0.717) is 17.1 Å². The highest BCUT2D eigenvalue weighted by atomic mass is 35.5. The number of halogens is 1. The number of benzene rings is 2. The third kappa shape index (κ3) is 4.03. The zero-order chi connectivity index (χ0) is 18.5. The Morgan fingerprint density at radius 2 is 1.85 bits per heavy atom. The SMILES string of the molecule is CCN1C=C(C(=O)/C=C/c2ccccc2)[C@@H](c2ccc(Cl)cc2)NC1=O. The van der Waals surface area contributed by atoms with Crippen molar-refractivity contribution in [3.63, 3.8) is 0 Å². The maximum atomic E-state index is 12.8. The summed E-state index contributed by atoms with van der Waals surface area (Å²) >= 11 is 5.95. The molecule has 0 saturated carbocycles. The van der Waals surface area contributed by atoms with Crippen molar-refractivity contribution in [2.75, 3.05) is 6.54 Å². The highest BCUT2D eigenvalue weighted by Gasteiger charge is 2.30. The Morgan fingerprint density at radius 1 is 1.15 bits per heavy atom. The molecule has 132 valence electrons. The minimum atomic E-state index is -0.504. The number of hydrogen-bond acceptors (Lipinski definition) is 2. The van der Waals surface area contributed by atoms with Crippen LogP contribution in [0.25, 0.3) is 6.08 Å². The number of ketones is 1. The van der Waals surface area contributed by atoms with Gasteiger partial charge in [-0.15, -0.1) is 0 Å². The summed E-state index contributed by atoms with van der Waals surface area (Å²) in [5, 5.41) is 3.51. The summed E-state index contributed by atoms with van der Waals surface area (Å²) in [6.45, 7) is 2.35. The molecule has 0 bridgehead atoms. The second kappa shape index (κ2) is 8.02. The van der Waals surface area contributed by atoms with Gasteiger partial charge in [0.2, 0.25) is 0 Å².